The van der Waals surface area contributed by atoms with Crippen LogP contribution in [-0.2, 0) is 20.6 Å². The lowest BCUT2D eigenvalue weighted by atomic mass is 10.0. The number of rotatable bonds is 8. The van der Waals surface area contributed by atoms with Crippen molar-refractivity contribution in [3.05, 3.63) is 45.0 Å². The average Bonchev–Trinajstić information content (AvgIpc) is 3.14. The van der Waals surface area contributed by atoms with Gasteiger partial charge in [0.05, 0.1) is 25.4 Å². The number of aromatic amines is 2. The Morgan fingerprint density at radius 1 is 0.724 bits per heavy atom. The zero-order valence-corrected chi connectivity index (χ0v) is 17.8. The molecule has 2 heterocycles. The molecule has 29 heavy (non-hydrogen) atoms. The standard InChI is InChI=1S/C21H28N2O6/c1-7-27-19(24)16-12(5)18(21(26)29-9-3)23-15(16)10-14-11(4)17(22-13(14)6)20(25)28-8-2/h22-23H,7-10H2,1-6H3. The first-order valence-corrected chi connectivity index (χ1v) is 9.67. The highest BCUT2D eigenvalue weighted by molar-refractivity contribution is 5.98. The van der Waals surface area contributed by atoms with E-state index in [-0.39, 0.29) is 25.5 Å². The SMILES string of the molecule is CCOC(=O)c1[nH]c(C)c(Cc2[nH]c(C(=O)OCC)c(C)c2C(=O)OCC)c1C. The minimum Gasteiger partial charge on any atom is -0.462 e. The first-order valence-electron chi connectivity index (χ1n) is 9.67. The van der Waals surface area contributed by atoms with Crippen LogP contribution in [0.1, 0.15) is 80.2 Å². The monoisotopic (exact) mass is 404 g/mol. The second kappa shape index (κ2) is 9.45. The molecule has 0 radical (unpaired) electrons. The van der Waals surface area contributed by atoms with Crippen molar-refractivity contribution in [2.75, 3.05) is 19.8 Å². The fraction of sp³-hybridized carbons (Fsp3) is 0.476. The van der Waals surface area contributed by atoms with Gasteiger partial charge in [0, 0.05) is 17.8 Å². The van der Waals surface area contributed by atoms with Crippen LogP contribution >= 0.6 is 0 Å². The van der Waals surface area contributed by atoms with Crippen LogP contribution in [0.2, 0.25) is 0 Å². The first-order chi connectivity index (χ1) is 13.8. The van der Waals surface area contributed by atoms with E-state index in [0.717, 1.165) is 16.8 Å². The Hall–Kier alpha value is -3.03. The van der Waals surface area contributed by atoms with Gasteiger partial charge < -0.3 is 24.2 Å². The van der Waals surface area contributed by atoms with Crippen LogP contribution in [0, 0.1) is 20.8 Å². The van der Waals surface area contributed by atoms with Crippen molar-refractivity contribution in [3.63, 3.8) is 0 Å². The quantitative estimate of drug-likeness (QED) is 0.515. The van der Waals surface area contributed by atoms with Crippen molar-refractivity contribution in [1.29, 1.82) is 0 Å². The van der Waals surface area contributed by atoms with E-state index in [2.05, 4.69) is 9.97 Å². The van der Waals surface area contributed by atoms with Gasteiger partial charge in [0.2, 0.25) is 0 Å². The molecule has 0 aliphatic heterocycles. The topological polar surface area (TPSA) is 110 Å². The average molecular weight is 404 g/mol. The van der Waals surface area contributed by atoms with Crippen LogP contribution in [0.15, 0.2) is 0 Å². The summed E-state index contributed by atoms with van der Waals surface area (Å²) in [6, 6.07) is 0. The Morgan fingerprint density at radius 3 is 1.72 bits per heavy atom. The molecule has 158 valence electrons. The van der Waals surface area contributed by atoms with Gasteiger partial charge in [0.15, 0.2) is 0 Å². The molecule has 2 N–H and O–H groups in total. The summed E-state index contributed by atoms with van der Waals surface area (Å²) >= 11 is 0. The lowest BCUT2D eigenvalue weighted by Crippen LogP contribution is -2.10. The molecule has 0 bridgehead atoms. The number of nitrogens with one attached hydrogen (secondary N) is 2. The van der Waals surface area contributed by atoms with Gasteiger partial charge in [-0.15, -0.1) is 0 Å². The summed E-state index contributed by atoms with van der Waals surface area (Å²) in [5.41, 5.74) is 4.29. The van der Waals surface area contributed by atoms with Gasteiger partial charge in [-0.25, -0.2) is 14.4 Å². The summed E-state index contributed by atoms with van der Waals surface area (Å²) in [4.78, 5) is 43.1. The number of H-pyrrole nitrogens is 2. The molecule has 0 amide bonds. The normalized spacial score (nSPS) is 10.7. The Bertz CT molecular complexity index is 922. The molecular formula is C21H28N2O6. The van der Waals surface area contributed by atoms with Crippen molar-refractivity contribution < 1.29 is 28.6 Å². The third kappa shape index (κ3) is 4.52. The van der Waals surface area contributed by atoms with E-state index in [1.165, 1.54) is 0 Å². The Labute approximate surface area is 169 Å². The fourth-order valence-electron chi connectivity index (χ4n) is 3.32. The first kappa shape index (κ1) is 22.3. The molecule has 8 nitrogen and oxygen atoms in total. The molecule has 2 aromatic rings. The highest BCUT2D eigenvalue weighted by Crippen LogP contribution is 2.27. The van der Waals surface area contributed by atoms with E-state index >= 15 is 0 Å². The van der Waals surface area contributed by atoms with E-state index in [4.69, 9.17) is 14.2 Å². The minimum absolute atomic E-state index is 0.215. The van der Waals surface area contributed by atoms with Gasteiger partial charge in [-0.05, 0) is 58.2 Å². The van der Waals surface area contributed by atoms with Crippen LogP contribution in [-0.4, -0.2) is 47.7 Å². The lowest BCUT2D eigenvalue weighted by molar-refractivity contribution is 0.0508. The van der Waals surface area contributed by atoms with Gasteiger partial charge in [0.1, 0.15) is 11.4 Å². The molecule has 0 saturated carbocycles. The van der Waals surface area contributed by atoms with Crippen molar-refractivity contribution in [2.24, 2.45) is 0 Å². The van der Waals surface area contributed by atoms with Crippen molar-refractivity contribution in [1.82, 2.24) is 9.97 Å². The van der Waals surface area contributed by atoms with E-state index in [0.29, 0.717) is 28.9 Å². The molecule has 2 aromatic heterocycles. The van der Waals surface area contributed by atoms with E-state index in [1.807, 2.05) is 13.8 Å². The highest BCUT2D eigenvalue weighted by Gasteiger charge is 2.27. The number of esters is 3. The minimum atomic E-state index is -0.531. The number of hydrogen-bond acceptors (Lipinski definition) is 6. The number of carbonyl (C=O) groups excluding carboxylic acids is 3. The molecule has 0 saturated heterocycles. The van der Waals surface area contributed by atoms with Gasteiger partial charge in [-0.2, -0.15) is 0 Å². The van der Waals surface area contributed by atoms with Crippen LogP contribution in [0.25, 0.3) is 0 Å². The Morgan fingerprint density at radius 2 is 1.21 bits per heavy atom. The number of hydrogen-bond donors (Lipinski definition) is 2. The van der Waals surface area contributed by atoms with Gasteiger partial charge in [-0.1, -0.05) is 0 Å². The van der Waals surface area contributed by atoms with E-state index < -0.39 is 17.9 Å². The molecule has 2 rings (SSSR count). The number of aromatic nitrogens is 2. The third-order valence-electron chi connectivity index (χ3n) is 4.71. The number of carbonyl (C=O) groups is 3. The van der Waals surface area contributed by atoms with Crippen molar-refractivity contribution >= 4 is 17.9 Å². The molecule has 0 aliphatic rings. The van der Waals surface area contributed by atoms with Crippen LogP contribution < -0.4 is 0 Å². The second-order valence-corrected chi connectivity index (χ2v) is 6.55. The van der Waals surface area contributed by atoms with Crippen LogP contribution in [0.3, 0.4) is 0 Å². The maximum absolute atomic E-state index is 12.6. The summed E-state index contributed by atoms with van der Waals surface area (Å²) in [6.07, 6.45) is 0.308. The number of aryl methyl sites for hydroxylation is 1. The van der Waals surface area contributed by atoms with Gasteiger partial charge in [0.25, 0.3) is 0 Å². The van der Waals surface area contributed by atoms with Gasteiger partial charge in [-0.3, -0.25) is 0 Å². The Balaban J connectivity index is 2.52. The van der Waals surface area contributed by atoms with Crippen molar-refractivity contribution in [3.8, 4) is 0 Å². The van der Waals surface area contributed by atoms with Crippen LogP contribution in [0.5, 0.6) is 0 Å². The zero-order valence-electron chi connectivity index (χ0n) is 17.8. The molecule has 0 unspecified atom stereocenters. The van der Waals surface area contributed by atoms with Crippen LogP contribution in [0.4, 0.5) is 0 Å². The molecular weight excluding hydrogens is 376 g/mol. The third-order valence-corrected chi connectivity index (χ3v) is 4.71. The number of ether oxygens (including phenoxy) is 3. The summed E-state index contributed by atoms with van der Waals surface area (Å²) in [5, 5.41) is 0. The van der Waals surface area contributed by atoms with E-state index in [1.54, 1.807) is 27.7 Å². The summed E-state index contributed by atoms with van der Waals surface area (Å²) in [7, 11) is 0. The Kier molecular flexibility index (Phi) is 7.25. The molecule has 0 fully saturated rings. The lowest BCUT2D eigenvalue weighted by Gasteiger charge is -2.07. The molecule has 0 aromatic carbocycles. The molecule has 0 atom stereocenters. The smallest absolute Gasteiger partial charge is 0.355 e. The molecule has 0 spiro atoms. The largest absolute Gasteiger partial charge is 0.462 e. The summed E-state index contributed by atoms with van der Waals surface area (Å²) in [6.45, 7) is 11.2. The maximum atomic E-state index is 12.6. The highest BCUT2D eigenvalue weighted by atomic mass is 16.5. The van der Waals surface area contributed by atoms with E-state index in [9.17, 15) is 14.4 Å². The van der Waals surface area contributed by atoms with Gasteiger partial charge >= 0.3 is 17.9 Å². The molecule has 0 aliphatic carbocycles. The molecule has 8 heteroatoms. The predicted octanol–water partition coefficient (Wildman–Crippen LogP) is 3.39. The zero-order chi connectivity index (χ0) is 21.7. The maximum Gasteiger partial charge on any atom is 0.355 e. The van der Waals surface area contributed by atoms with Crippen molar-refractivity contribution in [2.45, 2.75) is 48.0 Å². The predicted molar refractivity (Wildman–Crippen MR) is 106 cm³/mol. The fourth-order valence-corrected chi connectivity index (χ4v) is 3.32. The summed E-state index contributed by atoms with van der Waals surface area (Å²) in [5.74, 6) is -1.47. The second-order valence-electron chi connectivity index (χ2n) is 6.55. The summed E-state index contributed by atoms with van der Waals surface area (Å²) < 4.78 is 15.4.